The van der Waals surface area contributed by atoms with Gasteiger partial charge in [-0.15, -0.1) is 0 Å². The van der Waals surface area contributed by atoms with Crippen LogP contribution in [0, 0.1) is 10.1 Å². The van der Waals surface area contributed by atoms with Gasteiger partial charge in [0.2, 0.25) is 0 Å². The molecule has 1 heterocycles. The molecule has 12 heteroatoms. The molecular formula is C26H19BrClN3O7. The van der Waals surface area contributed by atoms with Crippen LogP contribution in [0.1, 0.15) is 18.1 Å². The summed E-state index contributed by atoms with van der Waals surface area (Å²) < 4.78 is 12.0. The van der Waals surface area contributed by atoms with Gasteiger partial charge in [-0.1, -0.05) is 39.7 Å². The van der Waals surface area contributed by atoms with Gasteiger partial charge < -0.3 is 9.47 Å². The highest BCUT2D eigenvalue weighted by Gasteiger charge is 2.37. The molecule has 1 fully saturated rings. The van der Waals surface area contributed by atoms with E-state index in [0.29, 0.717) is 38.7 Å². The van der Waals surface area contributed by atoms with E-state index in [0.717, 1.165) is 4.90 Å². The lowest BCUT2D eigenvalue weighted by Crippen LogP contribution is -2.54. The van der Waals surface area contributed by atoms with E-state index >= 15 is 0 Å². The number of imide groups is 2. The Balaban J connectivity index is 1.64. The van der Waals surface area contributed by atoms with Crippen molar-refractivity contribution >= 4 is 62.8 Å². The number of hydrogen-bond acceptors (Lipinski definition) is 7. The number of hydrogen-bond donors (Lipinski definition) is 1. The van der Waals surface area contributed by atoms with Crippen LogP contribution in [0.25, 0.3) is 6.08 Å². The lowest BCUT2D eigenvalue weighted by Gasteiger charge is -2.26. The molecule has 1 saturated heterocycles. The first-order valence-electron chi connectivity index (χ1n) is 11.2. The summed E-state index contributed by atoms with van der Waals surface area (Å²) in [7, 11) is 0. The highest BCUT2D eigenvalue weighted by Crippen LogP contribution is 2.36. The number of nitrogens with zero attached hydrogens (tertiary/aromatic N) is 2. The second-order valence-corrected chi connectivity index (χ2v) is 9.19. The maximum absolute atomic E-state index is 13.2. The number of rotatable bonds is 8. The summed E-state index contributed by atoms with van der Waals surface area (Å²) in [5.41, 5.74) is 0.920. The third kappa shape index (κ3) is 5.84. The minimum atomic E-state index is -0.876. The Labute approximate surface area is 230 Å². The monoisotopic (exact) mass is 599 g/mol. The smallest absolute Gasteiger partial charge is 0.335 e. The predicted molar refractivity (Wildman–Crippen MR) is 143 cm³/mol. The van der Waals surface area contributed by atoms with Crippen molar-refractivity contribution in [1.29, 1.82) is 0 Å². The zero-order valence-electron chi connectivity index (χ0n) is 19.8. The van der Waals surface area contributed by atoms with Crippen LogP contribution < -0.4 is 19.7 Å². The summed E-state index contributed by atoms with van der Waals surface area (Å²) in [4.78, 5) is 49.6. The van der Waals surface area contributed by atoms with E-state index in [9.17, 15) is 24.5 Å². The number of benzene rings is 3. The quantitative estimate of drug-likeness (QED) is 0.153. The van der Waals surface area contributed by atoms with E-state index in [1.807, 2.05) is 0 Å². The molecule has 0 radical (unpaired) electrons. The van der Waals surface area contributed by atoms with Crippen LogP contribution in [-0.4, -0.2) is 29.4 Å². The molecule has 38 heavy (non-hydrogen) atoms. The Kier molecular flexibility index (Phi) is 8.08. The van der Waals surface area contributed by atoms with Crippen molar-refractivity contribution < 1.29 is 28.8 Å². The number of anilines is 1. The molecule has 0 atom stereocenters. The molecule has 1 aliphatic rings. The number of nitro groups is 1. The number of ether oxygens (including phenoxy) is 2. The van der Waals surface area contributed by atoms with Gasteiger partial charge in [0.1, 0.15) is 12.2 Å². The van der Waals surface area contributed by atoms with Gasteiger partial charge in [-0.25, -0.2) is 9.69 Å². The summed E-state index contributed by atoms with van der Waals surface area (Å²) in [6.45, 7) is 2.11. The average molecular weight is 601 g/mol. The minimum Gasteiger partial charge on any atom is -0.490 e. The van der Waals surface area contributed by atoms with Crippen LogP contribution in [0.5, 0.6) is 11.5 Å². The molecule has 1 aliphatic heterocycles. The van der Waals surface area contributed by atoms with E-state index in [-0.39, 0.29) is 23.6 Å². The van der Waals surface area contributed by atoms with E-state index in [1.54, 1.807) is 31.2 Å². The zero-order valence-corrected chi connectivity index (χ0v) is 22.1. The molecule has 0 spiro atoms. The van der Waals surface area contributed by atoms with Gasteiger partial charge in [0.15, 0.2) is 11.5 Å². The summed E-state index contributed by atoms with van der Waals surface area (Å²) in [5, 5.41) is 13.6. The second-order valence-electron chi connectivity index (χ2n) is 7.90. The van der Waals surface area contributed by atoms with Gasteiger partial charge in [-0.3, -0.25) is 25.0 Å². The molecule has 1 N–H and O–H groups in total. The minimum absolute atomic E-state index is 0.0354. The summed E-state index contributed by atoms with van der Waals surface area (Å²) in [6.07, 6.45) is 1.34. The summed E-state index contributed by atoms with van der Waals surface area (Å²) in [5.74, 6) is -0.995. The van der Waals surface area contributed by atoms with Crippen molar-refractivity contribution in [3.05, 3.63) is 97.0 Å². The lowest BCUT2D eigenvalue weighted by atomic mass is 10.1. The predicted octanol–water partition coefficient (Wildman–Crippen LogP) is 5.65. The Morgan fingerprint density at radius 3 is 2.45 bits per heavy atom. The Morgan fingerprint density at radius 1 is 1.05 bits per heavy atom. The highest BCUT2D eigenvalue weighted by atomic mass is 79.9. The topological polar surface area (TPSA) is 128 Å². The largest absolute Gasteiger partial charge is 0.490 e. The third-order valence-corrected chi connectivity index (χ3v) is 6.30. The molecule has 0 unspecified atom stereocenters. The number of nitro benzene ring substituents is 1. The standard InChI is InChI=1S/C26H19BrClN3O7/c1-2-37-22-12-16(21(27)13-23(22)38-14-15-4-3-5-19(10-15)31(35)36)11-20-24(32)29-26(34)30(25(20)33)18-8-6-17(28)7-9-18/h3-13H,2,14H2,1H3,(H,29,32,34)/b20-11+. The molecular weight excluding hydrogens is 582 g/mol. The Morgan fingerprint density at radius 2 is 1.76 bits per heavy atom. The fourth-order valence-electron chi connectivity index (χ4n) is 3.60. The van der Waals surface area contributed by atoms with Crippen molar-refractivity contribution in [2.75, 3.05) is 11.5 Å². The lowest BCUT2D eigenvalue weighted by molar-refractivity contribution is -0.384. The van der Waals surface area contributed by atoms with Gasteiger partial charge in [-0.2, -0.15) is 0 Å². The summed E-state index contributed by atoms with van der Waals surface area (Å²) >= 11 is 9.33. The number of urea groups is 1. The van der Waals surface area contributed by atoms with Gasteiger partial charge in [0.05, 0.1) is 17.2 Å². The van der Waals surface area contributed by atoms with Crippen molar-refractivity contribution in [2.45, 2.75) is 13.5 Å². The van der Waals surface area contributed by atoms with Crippen LogP contribution in [0.3, 0.4) is 0 Å². The SMILES string of the molecule is CCOc1cc(/C=C2\C(=O)NC(=O)N(c3ccc(Cl)cc3)C2=O)c(Br)cc1OCc1cccc([N+](=O)[O-])c1. The highest BCUT2D eigenvalue weighted by molar-refractivity contribution is 9.10. The normalized spacial score (nSPS) is 14.4. The maximum atomic E-state index is 13.2. The first-order chi connectivity index (χ1) is 18.2. The van der Waals surface area contributed by atoms with Gasteiger partial charge in [0, 0.05) is 21.6 Å². The van der Waals surface area contributed by atoms with Crippen LogP contribution in [0.15, 0.2) is 70.7 Å². The molecule has 0 bridgehead atoms. The number of non-ortho nitro benzene ring substituents is 1. The van der Waals surface area contributed by atoms with Crippen LogP contribution in [0.4, 0.5) is 16.2 Å². The fourth-order valence-corrected chi connectivity index (χ4v) is 4.16. The number of carbonyl (C=O) groups is 3. The molecule has 0 aliphatic carbocycles. The second kappa shape index (κ2) is 11.4. The van der Waals surface area contributed by atoms with Gasteiger partial charge in [0.25, 0.3) is 17.5 Å². The molecule has 194 valence electrons. The first-order valence-corrected chi connectivity index (χ1v) is 12.3. The fraction of sp³-hybridized carbons (Fsp3) is 0.115. The third-order valence-electron chi connectivity index (χ3n) is 5.36. The molecule has 10 nitrogen and oxygen atoms in total. The Hall–Kier alpha value is -4.22. The van der Waals surface area contributed by atoms with Crippen molar-refractivity contribution in [3.63, 3.8) is 0 Å². The average Bonchev–Trinajstić information content (AvgIpc) is 2.88. The van der Waals surface area contributed by atoms with Gasteiger partial charge in [-0.05, 0) is 60.5 Å². The molecule has 4 amide bonds. The van der Waals surface area contributed by atoms with E-state index in [1.165, 1.54) is 42.5 Å². The van der Waals surface area contributed by atoms with Crippen molar-refractivity contribution in [2.24, 2.45) is 0 Å². The molecule has 3 aromatic rings. The number of barbiturate groups is 1. The van der Waals surface area contributed by atoms with E-state index in [4.69, 9.17) is 21.1 Å². The first kappa shape index (κ1) is 26.8. The van der Waals surface area contributed by atoms with Crippen LogP contribution >= 0.6 is 27.5 Å². The van der Waals surface area contributed by atoms with E-state index < -0.39 is 22.8 Å². The molecule has 3 aromatic carbocycles. The Bertz CT molecular complexity index is 1470. The number of amides is 4. The number of nitrogens with one attached hydrogen (secondary N) is 1. The van der Waals surface area contributed by atoms with Gasteiger partial charge >= 0.3 is 6.03 Å². The molecule has 0 saturated carbocycles. The van der Waals surface area contributed by atoms with Crippen molar-refractivity contribution in [3.8, 4) is 11.5 Å². The maximum Gasteiger partial charge on any atom is 0.335 e. The van der Waals surface area contributed by atoms with E-state index in [2.05, 4.69) is 21.2 Å². The van der Waals surface area contributed by atoms with Crippen LogP contribution in [0.2, 0.25) is 5.02 Å². The number of halogens is 2. The summed E-state index contributed by atoms with van der Waals surface area (Å²) in [6, 6.07) is 14.4. The van der Waals surface area contributed by atoms with Crippen molar-refractivity contribution in [1.82, 2.24) is 5.32 Å². The zero-order chi connectivity index (χ0) is 27.4. The number of carbonyl (C=O) groups excluding carboxylic acids is 3. The van der Waals surface area contributed by atoms with Crippen LogP contribution in [-0.2, 0) is 16.2 Å². The molecule has 4 rings (SSSR count). The molecule has 0 aromatic heterocycles.